The van der Waals surface area contributed by atoms with E-state index in [9.17, 15) is 0 Å². The third kappa shape index (κ3) is 2.83. The summed E-state index contributed by atoms with van der Waals surface area (Å²) >= 11 is 1.67. The highest BCUT2D eigenvalue weighted by Crippen LogP contribution is 2.34. The molecule has 5 heteroatoms. The molecule has 0 aliphatic carbocycles. The molecule has 0 atom stereocenters. The van der Waals surface area contributed by atoms with E-state index < -0.39 is 0 Å². The van der Waals surface area contributed by atoms with E-state index in [0.717, 1.165) is 33.3 Å². The molecule has 1 aromatic heterocycles. The van der Waals surface area contributed by atoms with Crippen molar-refractivity contribution in [2.75, 3.05) is 12.5 Å². The second-order valence-electron chi connectivity index (χ2n) is 4.24. The summed E-state index contributed by atoms with van der Waals surface area (Å²) < 4.78 is 10.9. The van der Waals surface area contributed by atoms with Gasteiger partial charge in [-0.15, -0.1) is 11.8 Å². The van der Waals surface area contributed by atoms with Crippen LogP contribution in [0, 0.1) is 0 Å². The largest absolute Gasteiger partial charge is 0.467 e. The molecule has 2 N–H and O–H groups in total. The number of nitrogen functional groups attached to an aromatic ring is 1. The van der Waals surface area contributed by atoms with Crippen molar-refractivity contribution in [3.05, 3.63) is 47.7 Å². The van der Waals surface area contributed by atoms with E-state index >= 15 is 0 Å². The summed E-state index contributed by atoms with van der Waals surface area (Å²) in [6, 6.07) is 9.75. The van der Waals surface area contributed by atoms with Gasteiger partial charge in [0.2, 0.25) is 0 Å². The van der Waals surface area contributed by atoms with Crippen LogP contribution in [-0.4, -0.2) is 11.8 Å². The van der Waals surface area contributed by atoms with Crippen LogP contribution in [-0.2, 0) is 17.1 Å². The Morgan fingerprint density at radius 2 is 2.26 bits per heavy atom. The number of hydrogen-bond acceptors (Lipinski definition) is 5. The lowest BCUT2D eigenvalue weighted by Crippen LogP contribution is -2.13. The lowest BCUT2D eigenvalue weighted by Gasteiger charge is -2.21. The highest BCUT2D eigenvalue weighted by atomic mass is 32.2. The van der Waals surface area contributed by atoms with Gasteiger partial charge in [0.25, 0.3) is 0 Å². The minimum absolute atomic E-state index is 0.304. The monoisotopic (exact) mass is 274 g/mol. The quantitative estimate of drug-likeness (QED) is 0.689. The molecule has 1 aliphatic heterocycles. The molecule has 0 fully saturated rings. The van der Waals surface area contributed by atoms with Crippen molar-refractivity contribution in [1.82, 2.24) is 4.98 Å². The fourth-order valence-corrected chi connectivity index (χ4v) is 2.85. The van der Waals surface area contributed by atoms with E-state index in [4.69, 9.17) is 15.2 Å². The predicted molar refractivity (Wildman–Crippen MR) is 74.9 cm³/mol. The van der Waals surface area contributed by atoms with Crippen molar-refractivity contribution >= 4 is 17.4 Å². The number of anilines is 1. The second kappa shape index (κ2) is 5.50. The lowest BCUT2D eigenvalue weighted by atomic mass is 10.1. The Kier molecular flexibility index (Phi) is 3.57. The molecule has 0 spiro atoms. The molecule has 0 unspecified atom stereocenters. The summed E-state index contributed by atoms with van der Waals surface area (Å²) in [6.07, 6.45) is 1.79. The number of thioether (sulfide) groups is 1. The SMILES string of the molecule is Nc1cc2c(c(CSc3ccccn3)c1)OCOC2. The maximum atomic E-state index is 5.92. The Hall–Kier alpha value is -1.72. The van der Waals surface area contributed by atoms with Gasteiger partial charge in [0, 0.05) is 28.8 Å². The van der Waals surface area contributed by atoms with Crippen LogP contribution < -0.4 is 10.5 Å². The van der Waals surface area contributed by atoms with Crippen molar-refractivity contribution < 1.29 is 9.47 Å². The summed E-state index contributed by atoms with van der Waals surface area (Å²) in [4.78, 5) is 4.29. The molecule has 0 amide bonds. The first-order chi connectivity index (χ1) is 9.33. The first-order valence-electron chi connectivity index (χ1n) is 5.98. The van der Waals surface area contributed by atoms with Crippen molar-refractivity contribution in [1.29, 1.82) is 0 Å². The van der Waals surface area contributed by atoms with Crippen LogP contribution in [0.25, 0.3) is 0 Å². The average molecular weight is 274 g/mol. The average Bonchev–Trinajstić information content (AvgIpc) is 2.45. The molecule has 3 rings (SSSR count). The van der Waals surface area contributed by atoms with Gasteiger partial charge in [0.15, 0.2) is 6.79 Å². The van der Waals surface area contributed by atoms with Crippen LogP contribution in [0.15, 0.2) is 41.6 Å². The lowest BCUT2D eigenvalue weighted by molar-refractivity contribution is -0.0168. The van der Waals surface area contributed by atoms with Gasteiger partial charge in [-0.3, -0.25) is 0 Å². The minimum atomic E-state index is 0.304. The topological polar surface area (TPSA) is 57.4 Å². The van der Waals surface area contributed by atoms with Crippen molar-refractivity contribution in [3.8, 4) is 5.75 Å². The minimum Gasteiger partial charge on any atom is -0.467 e. The number of pyridine rings is 1. The van der Waals surface area contributed by atoms with Crippen LogP contribution in [0.3, 0.4) is 0 Å². The van der Waals surface area contributed by atoms with Crippen LogP contribution in [0.2, 0.25) is 0 Å². The maximum absolute atomic E-state index is 5.92. The molecule has 0 bridgehead atoms. The fraction of sp³-hybridized carbons (Fsp3) is 0.214. The van der Waals surface area contributed by atoms with E-state index in [0.29, 0.717) is 13.4 Å². The van der Waals surface area contributed by atoms with E-state index in [2.05, 4.69) is 4.98 Å². The molecule has 0 saturated heterocycles. The molecule has 2 aromatic rings. The molecule has 0 saturated carbocycles. The number of benzene rings is 1. The summed E-state index contributed by atoms with van der Waals surface area (Å²) in [5, 5.41) is 0.991. The zero-order valence-corrected chi connectivity index (χ0v) is 11.2. The third-order valence-corrected chi connectivity index (χ3v) is 3.82. The van der Waals surface area contributed by atoms with Gasteiger partial charge in [-0.25, -0.2) is 4.98 Å². The third-order valence-electron chi connectivity index (χ3n) is 2.82. The highest BCUT2D eigenvalue weighted by molar-refractivity contribution is 7.98. The van der Waals surface area contributed by atoms with E-state index in [1.54, 1.807) is 18.0 Å². The first kappa shape index (κ1) is 12.3. The molecular weight excluding hydrogens is 260 g/mol. The predicted octanol–water partition coefficient (Wildman–Crippen LogP) is 2.82. The van der Waals surface area contributed by atoms with Gasteiger partial charge >= 0.3 is 0 Å². The molecule has 2 heterocycles. The zero-order chi connectivity index (χ0) is 13.1. The summed E-state index contributed by atoms with van der Waals surface area (Å²) in [5.41, 5.74) is 8.76. The maximum Gasteiger partial charge on any atom is 0.189 e. The Bertz CT molecular complexity index is 575. The van der Waals surface area contributed by atoms with Crippen molar-refractivity contribution in [3.63, 3.8) is 0 Å². The molecular formula is C14H14N2O2S. The number of nitrogens with zero attached hydrogens (tertiary/aromatic N) is 1. The number of ether oxygens (including phenoxy) is 2. The Morgan fingerprint density at radius 1 is 1.32 bits per heavy atom. The van der Waals surface area contributed by atoms with Crippen molar-refractivity contribution in [2.24, 2.45) is 0 Å². The van der Waals surface area contributed by atoms with Gasteiger partial charge in [-0.2, -0.15) is 0 Å². The van der Waals surface area contributed by atoms with E-state index in [1.807, 2.05) is 30.3 Å². The molecule has 19 heavy (non-hydrogen) atoms. The van der Waals surface area contributed by atoms with Crippen LogP contribution in [0.4, 0.5) is 5.69 Å². The van der Waals surface area contributed by atoms with Crippen LogP contribution >= 0.6 is 11.8 Å². The summed E-state index contributed by atoms with van der Waals surface area (Å²) in [5.74, 6) is 1.69. The standard InChI is InChI=1S/C14H14N2O2S/c15-12-5-10-7-17-9-18-14(10)11(6-12)8-19-13-3-1-2-4-16-13/h1-6H,7-9,15H2. The number of rotatable bonds is 3. The van der Waals surface area contributed by atoms with Gasteiger partial charge in [0.05, 0.1) is 11.6 Å². The Balaban J connectivity index is 1.82. The smallest absolute Gasteiger partial charge is 0.189 e. The Labute approximate surface area is 115 Å². The van der Waals surface area contributed by atoms with Gasteiger partial charge in [-0.1, -0.05) is 6.07 Å². The van der Waals surface area contributed by atoms with E-state index in [-0.39, 0.29) is 0 Å². The Morgan fingerprint density at radius 3 is 3.11 bits per heavy atom. The number of nitrogens with two attached hydrogens (primary N) is 1. The molecule has 1 aromatic carbocycles. The van der Waals surface area contributed by atoms with Gasteiger partial charge < -0.3 is 15.2 Å². The summed E-state index contributed by atoms with van der Waals surface area (Å²) in [7, 11) is 0. The highest BCUT2D eigenvalue weighted by Gasteiger charge is 2.16. The fourth-order valence-electron chi connectivity index (χ4n) is 2.02. The number of hydrogen-bond donors (Lipinski definition) is 1. The van der Waals surface area contributed by atoms with Crippen LogP contribution in [0.1, 0.15) is 11.1 Å². The molecule has 0 radical (unpaired) electrons. The molecule has 1 aliphatic rings. The van der Waals surface area contributed by atoms with Crippen molar-refractivity contribution in [2.45, 2.75) is 17.4 Å². The van der Waals surface area contributed by atoms with E-state index in [1.165, 1.54) is 0 Å². The van der Waals surface area contributed by atoms with Gasteiger partial charge in [0.1, 0.15) is 5.75 Å². The van der Waals surface area contributed by atoms with Gasteiger partial charge in [-0.05, 0) is 24.3 Å². The number of aromatic nitrogens is 1. The zero-order valence-electron chi connectivity index (χ0n) is 10.3. The first-order valence-corrected chi connectivity index (χ1v) is 6.97. The number of fused-ring (bicyclic) bond motifs is 1. The summed E-state index contributed by atoms with van der Waals surface area (Å²) in [6.45, 7) is 0.861. The molecule has 98 valence electrons. The second-order valence-corrected chi connectivity index (χ2v) is 5.23. The molecule has 4 nitrogen and oxygen atoms in total. The normalized spacial score (nSPS) is 13.7. The van der Waals surface area contributed by atoms with Crippen LogP contribution in [0.5, 0.6) is 5.75 Å².